The summed E-state index contributed by atoms with van der Waals surface area (Å²) in [5.41, 5.74) is 0.759. The van der Waals surface area contributed by atoms with Gasteiger partial charge in [0.15, 0.2) is 0 Å². The summed E-state index contributed by atoms with van der Waals surface area (Å²) in [7, 11) is 1.53. The van der Waals surface area contributed by atoms with E-state index >= 15 is 0 Å². The lowest BCUT2D eigenvalue weighted by Gasteiger charge is -2.32. The van der Waals surface area contributed by atoms with Crippen LogP contribution in [0.4, 0.5) is 0 Å². The predicted molar refractivity (Wildman–Crippen MR) is 146 cm³/mol. The number of likely N-dealkylation sites (N-methyl/N-ethyl adjacent to an activating group) is 1. The molecule has 1 aromatic rings. The highest BCUT2D eigenvalue weighted by Gasteiger charge is 2.33. The normalized spacial score (nSPS) is 29.7. The fraction of sp³-hybridized carbons (Fsp3) is 0.667. The second kappa shape index (κ2) is 13.6. The summed E-state index contributed by atoms with van der Waals surface area (Å²) in [6.45, 7) is 9.55. The molecule has 1 heterocycles. The van der Waals surface area contributed by atoms with Crippen LogP contribution >= 0.6 is 22.6 Å². The molecule has 1 aliphatic rings. The molecule has 36 heavy (non-hydrogen) atoms. The fourth-order valence-electron chi connectivity index (χ4n) is 4.67. The molecule has 1 aliphatic heterocycles. The molecule has 3 N–H and O–H groups in total. The number of aliphatic hydroxyl groups is 1. The third-order valence-corrected chi connectivity index (χ3v) is 7.97. The number of rotatable bonds is 3. The Morgan fingerprint density at radius 2 is 1.81 bits per heavy atom. The van der Waals surface area contributed by atoms with E-state index in [1.807, 2.05) is 50.3 Å². The summed E-state index contributed by atoms with van der Waals surface area (Å²) in [5.74, 6) is -1.16. The Bertz CT molecular complexity index is 924. The van der Waals surface area contributed by atoms with Gasteiger partial charge in [-0.2, -0.15) is 0 Å². The van der Waals surface area contributed by atoms with Crippen molar-refractivity contribution in [3.63, 3.8) is 0 Å². The van der Waals surface area contributed by atoms with Crippen LogP contribution in [-0.4, -0.2) is 64.7 Å². The third-order valence-electron chi connectivity index (χ3n) is 7.11. The van der Waals surface area contributed by atoms with Crippen molar-refractivity contribution in [3.05, 3.63) is 27.3 Å². The van der Waals surface area contributed by atoms with Crippen LogP contribution in [-0.2, 0) is 25.5 Å². The molecule has 0 radical (unpaired) electrons. The van der Waals surface area contributed by atoms with Gasteiger partial charge in [-0.3, -0.25) is 9.59 Å². The van der Waals surface area contributed by atoms with E-state index in [9.17, 15) is 24.6 Å². The number of esters is 1. The van der Waals surface area contributed by atoms with Gasteiger partial charge in [-0.15, -0.1) is 0 Å². The molecule has 2 amide bonds. The molecule has 0 saturated carbocycles. The highest BCUT2D eigenvalue weighted by Crippen LogP contribution is 2.27. The smallest absolute Gasteiger partial charge is 0.329 e. The maximum Gasteiger partial charge on any atom is 0.329 e. The highest BCUT2D eigenvalue weighted by molar-refractivity contribution is 14.1. The standard InChI is InChI=1S/C27H41IN2O6/c1-15(2)24-13-23(32)17(4)9-16(3)10-18(5)26(34)29-14-25(33)30(6)21(27(35)36-24)12-19-7-8-22(31)20(28)11-19/h7-8,11,15-18,21,23-24,31-32H,9-10,12-14H2,1-6H3,(H,29,34)/t16-,17+,18-,21?,23-,24?/m0/s1. The first-order valence-corrected chi connectivity index (χ1v) is 13.8. The maximum atomic E-state index is 13.5. The number of hydrogen-bond acceptors (Lipinski definition) is 6. The first kappa shape index (κ1) is 30.3. The van der Waals surface area contributed by atoms with Crippen LogP contribution < -0.4 is 5.32 Å². The second-order valence-electron chi connectivity index (χ2n) is 10.7. The number of halogens is 1. The average molecular weight is 617 g/mol. The Hall–Kier alpha value is -1.88. The summed E-state index contributed by atoms with van der Waals surface area (Å²) < 4.78 is 6.56. The van der Waals surface area contributed by atoms with E-state index in [1.165, 1.54) is 11.9 Å². The van der Waals surface area contributed by atoms with Crippen molar-refractivity contribution >= 4 is 40.4 Å². The van der Waals surface area contributed by atoms with Crippen LogP contribution in [0.2, 0.25) is 0 Å². The Morgan fingerprint density at radius 1 is 1.14 bits per heavy atom. The minimum absolute atomic E-state index is 0.0253. The van der Waals surface area contributed by atoms with Crippen molar-refractivity contribution in [2.75, 3.05) is 13.6 Å². The number of aromatic hydroxyl groups is 1. The van der Waals surface area contributed by atoms with E-state index in [4.69, 9.17) is 4.74 Å². The quantitative estimate of drug-likeness (QED) is 0.354. The third kappa shape index (κ3) is 8.61. The van der Waals surface area contributed by atoms with Crippen molar-refractivity contribution in [2.24, 2.45) is 23.7 Å². The second-order valence-corrected chi connectivity index (χ2v) is 11.9. The number of carbonyl (C=O) groups is 3. The van der Waals surface area contributed by atoms with Gasteiger partial charge in [0.1, 0.15) is 17.9 Å². The summed E-state index contributed by atoms with van der Waals surface area (Å²) in [6, 6.07) is 4.09. The van der Waals surface area contributed by atoms with Crippen molar-refractivity contribution in [3.8, 4) is 5.75 Å². The monoisotopic (exact) mass is 616 g/mol. The molecule has 8 nitrogen and oxygen atoms in total. The molecular formula is C27H41IN2O6. The zero-order valence-corrected chi connectivity index (χ0v) is 24.3. The number of nitrogens with zero attached hydrogens (tertiary/aromatic N) is 1. The number of cyclic esters (lactones) is 1. The Labute approximate surface area is 228 Å². The fourth-order valence-corrected chi connectivity index (χ4v) is 5.25. The maximum absolute atomic E-state index is 13.5. The van der Waals surface area contributed by atoms with Crippen LogP contribution in [0, 0.1) is 27.2 Å². The summed E-state index contributed by atoms with van der Waals surface area (Å²) in [6.07, 6.45) is 0.695. The number of aliphatic hydroxyl groups excluding tert-OH is 1. The molecule has 9 heteroatoms. The first-order chi connectivity index (χ1) is 16.8. The first-order valence-electron chi connectivity index (χ1n) is 12.7. The van der Waals surface area contributed by atoms with E-state index in [1.54, 1.807) is 18.2 Å². The molecule has 1 saturated heterocycles. The Kier molecular flexibility index (Phi) is 11.5. The van der Waals surface area contributed by atoms with Gasteiger partial charge in [0.2, 0.25) is 11.8 Å². The summed E-state index contributed by atoms with van der Waals surface area (Å²) >= 11 is 2.01. The lowest BCUT2D eigenvalue weighted by Crippen LogP contribution is -2.50. The molecule has 0 bridgehead atoms. The molecule has 202 valence electrons. The lowest BCUT2D eigenvalue weighted by atomic mass is 9.84. The molecule has 1 fully saturated rings. The van der Waals surface area contributed by atoms with Gasteiger partial charge in [-0.25, -0.2) is 4.79 Å². The van der Waals surface area contributed by atoms with Crippen molar-refractivity contribution in [1.82, 2.24) is 10.2 Å². The number of hydrogen-bond donors (Lipinski definition) is 3. The van der Waals surface area contributed by atoms with E-state index in [2.05, 4.69) is 12.2 Å². The molecule has 2 rings (SSSR count). The van der Waals surface area contributed by atoms with E-state index in [0.717, 1.165) is 12.0 Å². The SMILES string of the molecule is CC(C)C1C[C@H](O)[C@H](C)C[C@H](C)C[C@H](C)C(=O)NCC(=O)N(C)C(Cc2ccc(O)c(I)c2)C(=O)O1. The van der Waals surface area contributed by atoms with Gasteiger partial charge < -0.3 is 25.2 Å². The van der Waals surface area contributed by atoms with E-state index < -0.39 is 30.1 Å². The number of nitrogens with one attached hydrogen (secondary N) is 1. The predicted octanol–water partition coefficient (Wildman–Crippen LogP) is 3.50. The number of phenolic OH excluding ortho intramolecular Hbond substituents is 1. The minimum Gasteiger partial charge on any atom is -0.507 e. The van der Waals surface area contributed by atoms with Crippen molar-refractivity contribution in [1.29, 1.82) is 0 Å². The minimum atomic E-state index is -0.934. The molecular weight excluding hydrogens is 575 g/mol. The van der Waals surface area contributed by atoms with E-state index in [-0.39, 0.29) is 48.3 Å². The molecule has 0 spiro atoms. The largest absolute Gasteiger partial charge is 0.507 e. The van der Waals surface area contributed by atoms with Gasteiger partial charge in [-0.1, -0.05) is 40.7 Å². The number of phenols is 1. The molecule has 0 aliphatic carbocycles. The lowest BCUT2D eigenvalue weighted by molar-refractivity contribution is -0.162. The molecule has 6 atom stereocenters. The van der Waals surface area contributed by atoms with Gasteiger partial charge >= 0.3 is 5.97 Å². The Morgan fingerprint density at radius 3 is 2.42 bits per heavy atom. The van der Waals surface area contributed by atoms with E-state index in [0.29, 0.717) is 16.4 Å². The molecule has 2 unspecified atom stereocenters. The number of benzene rings is 1. The van der Waals surface area contributed by atoms with Gasteiger partial charge in [-0.05, 0) is 70.9 Å². The average Bonchev–Trinajstić information content (AvgIpc) is 2.80. The molecule has 1 aromatic carbocycles. The van der Waals surface area contributed by atoms with Crippen LogP contribution in [0.25, 0.3) is 0 Å². The summed E-state index contributed by atoms with van der Waals surface area (Å²) in [5, 5.41) is 23.5. The highest BCUT2D eigenvalue weighted by atomic mass is 127. The van der Waals surface area contributed by atoms with Crippen LogP contribution in [0.15, 0.2) is 18.2 Å². The van der Waals surface area contributed by atoms with Gasteiger partial charge in [0, 0.05) is 25.8 Å². The van der Waals surface area contributed by atoms with Gasteiger partial charge in [0.05, 0.1) is 16.2 Å². The number of amides is 2. The number of carbonyl (C=O) groups excluding carboxylic acids is 3. The zero-order valence-electron chi connectivity index (χ0n) is 22.2. The van der Waals surface area contributed by atoms with Crippen LogP contribution in [0.3, 0.4) is 0 Å². The van der Waals surface area contributed by atoms with Gasteiger partial charge in [0.25, 0.3) is 0 Å². The molecule has 0 aromatic heterocycles. The number of ether oxygens (including phenoxy) is 1. The zero-order chi connectivity index (χ0) is 27.2. The van der Waals surface area contributed by atoms with Crippen LogP contribution in [0.5, 0.6) is 5.75 Å². The summed E-state index contributed by atoms with van der Waals surface area (Å²) in [4.78, 5) is 40.4. The van der Waals surface area contributed by atoms with Crippen molar-refractivity contribution < 1.29 is 29.3 Å². The topological polar surface area (TPSA) is 116 Å². The Balaban J connectivity index is 2.38. The van der Waals surface area contributed by atoms with Crippen molar-refractivity contribution in [2.45, 2.75) is 78.6 Å². The van der Waals surface area contributed by atoms with Crippen LogP contribution in [0.1, 0.15) is 59.4 Å².